The van der Waals surface area contributed by atoms with Gasteiger partial charge in [-0.3, -0.25) is 5.43 Å². The Labute approximate surface area is 154 Å². The number of rotatable bonds is 11. The number of ether oxygens (including phenoxy) is 1. The van der Waals surface area contributed by atoms with E-state index >= 15 is 0 Å². The number of nitrogens with zero attached hydrogens (tertiary/aromatic N) is 3. The van der Waals surface area contributed by atoms with Gasteiger partial charge < -0.3 is 4.74 Å². The smallest absolute Gasteiger partial charge is 0.168 e. The molecule has 0 unspecified atom stereocenters. The fourth-order valence-electron chi connectivity index (χ4n) is 2.27. The summed E-state index contributed by atoms with van der Waals surface area (Å²) in [5.41, 5.74) is 3.78. The lowest BCUT2D eigenvalue weighted by molar-refractivity contribution is 0.304. The maximum atomic E-state index is 5.76. The van der Waals surface area contributed by atoms with Crippen molar-refractivity contribution in [2.24, 2.45) is 5.10 Å². The van der Waals surface area contributed by atoms with Crippen LogP contribution in [0.3, 0.4) is 0 Å². The zero-order chi connectivity index (χ0) is 17.7. The number of aromatic nitrogens is 2. The Balaban J connectivity index is 1.67. The molecule has 0 atom stereocenters. The van der Waals surface area contributed by atoms with Crippen LogP contribution in [0.2, 0.25) is 5.15 Å². The summed E-state index contributed by atoms with van der Waals surface area (Å²) < 4.78 is 5.76. The minimum atomic E-state index is 0.353. The molecule has 6 heteroatoms. The highest BCUT2D eigenvalue weighted by Gasteiger charge is 1.96. The predicted octanol–water partition coefficient (Wildman–Crippen LogP) is 5.32. The number of nitrogens with one attached hydrogen (secondary N) is 1. The van der Waals surface area contributed by atoms with E-state index in [0.29, 0.717) is 11.0 Å². The first-order valence-corrected chi connectivity index (χ1v) is 9.17. The molecule has 1 aromatic carbocycles. The average Bonchev–Trinajstić information content (AvgIpc) is 2.64. The molecule has 1 heterocycles. The van der Waals surface area contributed by atoms with Gasteiger partial charge in [0.25, 0.3) is 0 Å². The van der Waals surface area contributed by atoms with Crippen LogP contribution in [-0.4, -0.2) is 23.0 Å². The normalized spacial score (nSPS) is 11.0. The molecule has 2 rings (SSSR count). The molecule has 0 spiro atoms. The van der Waals surface area contributed by atoms with Crippen molar-refractivity contribution >= 4 is 23.6 Å². The average molecular weight is 361 g/mol. The molecular weight excluding hydrogens is 336 g/mol. The lowest BCUT2D eigenvalue weighted by Crippen LogP contribution is -1.98. The highest BCUT2D eigenvalue weighted by atomic mass is 35.5. The molecule has 0 radical (unpaired) electrons. The van der Waals surface area contributed by atoms with Crippen LogP contribution < -0.4 is 10.2 Å². The Morgan fingerprint density at radius 1 is 1.00 bits per heavy atom. The number of benzene rings is 1. The molecule has 0 fully saturated rings. The van der Waals surface area contributed by atoms with Gasteiger partial charge in [-0.1, -0.05) is 50.6 Å². The van der Waals surface area contributed by atoms with Crippen molar-refractivity contribution in [1.29, 1.82) is 0 Å². The van der Waals surface area contributed by atoms with E-state index < -0.39 is 0 Å². The molecule has 0 saturated heterocycles. The summed E-state index contributed by atoms with van der Waals surface area (Å²) in [6, 6.07) is 11.2. The molecular formula is C19H25ClN4O. The molecule has 0 aliphatic heterocycles. The zero-order valence-corrected chi connectivity index (χ0v) is 15.4. The van der Waals surface area contributed by atoms with Gasteiger partial charge in [-0.25, -0.2) is 0 Å². The first kappa shape index (κ1) is 19.2. The predicted molar refractivity (Wildman–Crippen MR) is 104 cm³/mol. The number of unbranched alkanes of at least 4 members (excludes halogenated alkanes) is 5. The summed E-state index contributed by atoms with van der Waals surface area (Å²) in [4.78, 5) is 0. The Hall–Kier alpha value is -2.14. The van der Waals surface area contributed by atoms with Gasteiger partial charge in [-0.15, -0.1) is 10.2 Å². The van der Waals surface area contributed by atoms with Crippen molar-refractivity contribution in [2.75, 3.05) is 12.0 Å². The molecule has 2 aromatic rings. The fourth-order valence-corrected chi connectivity index (χ4v) is 2.37. The van der Waals surface area contributed by atoms with Gasteiger partial charge in [-0.2, -0.15) is 5.10 Å². The monoisotopic (exact) mass is 360 g/mol. The van der Waals surface area contributed by atoms with Crippen molar-refractivity contribution < 1.29 is 4.74 Å². The van der Waals surface area contributed by atoms with Crippen LogP contribution >= 0.6 is 11.6 Å². The van der Waals surface area contributed by atoms with E-state index in [1.54, 1.807) is 18.3 Å². The highest BCUT2D eigenvalue weighted by molar-refractivity contribution is 6.29. The van der Waals surface area contributed by atoms with Crippen LogP contribution in [0.25, 0.3) is 0 Å². The van der Waals surface area contributed by atoms with Gasteiger partial charge >= 0.3 is 0 Å². The van der Waals surface area contributed by atoms with Crippen molar-refractivity contribution in [1.82, 2.24) is 10.2 Å². The summed E-state index contributed by atoms with van der Waals surface area (Å²) in [7, 11) is 0. The van der Waals surface area contributed by atoms with Crippen LogP contribution in [0.1, 0.15) is 51.0 Å². The maximum Gasteiger partial charge on any atom is 0.168 e. The van der Waals surface area contributed by atoms with Gasteiger partial charge in [-0.05, 0) is 48.4 Å². The SMILES string of the molecule is CCCCCCCCOc1ccc(C=NNc2ccc(Cl)nn2)cc1. The third-order valence-corrected chi connectivity index (χ3v) is 3.87. The maximum absolute atomic E-state index is 5.76. The van der Waals surface area contributed by atoms with E-state index in [1.807, 2.05) is 24.3 Å². The number of anilines is 1. The summed E-state index contributed by atoms with van der Waals surface area (Å²) >= 11 is 5.68. The van der Waals surface area contributed by atoms with Gasteiger partial charge in [0.2, 0.25) is 0 Å². The van der Waals surface area contributed by atoms with E-state index in [-0.39, 0.29) is 0 Å². The Bertz CT molecular complexity index is 629. The molecule has 0 saturated carbocycles. The molecule has 1 aromatic heterocycles. The molecule has 5 nitrogen and oxygen atoms in total. The minimum Gasteiger partial charge on any atom is -0.494 e. The van der Waals surface area contributed by atoms with Crippen LogP contribution in [0.5, 0.6) is 5.75 Å². The standard InChI is InChI=1S/C19H25ClN4O/c1-2-3-4-5-6-7-14-25-17-10-8-16(9-11-17)15-21-23-19-13-12-18(20)22-24-19/h8-13,15H,2-7,14H2,1H3,(H,23,24). The number of halogens is 1. The second kappa shape index (κ2) is 11.4. The zero-order valence-electron chi connectivity index (χ0n) is 14.6. The number of hydrogen-bond donors (Lipinski definition) is 1. The summed E-state index contributed by atoms with van der Waals surface area (Å²) in [5.74, 6) is 1.43. The van der Waals surface area contributed by atoms with Crippen molar-refractivity contribution in [2.45, 2.75) is 45.4 Å². The van der Waals surface area contributed by atoms with Crippen LogP contribution in [0, 0.1) is 0 Å². The van der Waals surface area contributed by atoms with Crippen LogP contribution in [-0.2, 0) is 0 Å². The summed E-state index contributed by atoms with van der Waals surface area (Å²) in [6.45, 7) is 3.01. The van der Waals surface area contributed by atoms with E-state index in [0.717, 1.165) is 24.3 Å². The van der Waals surface area contributed by atoms with Gasteiger partial charge in [0.1, 0.15) is 5.75 Å². The molecule has 0 amide bonds. The van der Waals surface area contributed by atoms with Crippen LogP contribution in [0.4, 0.5) is 5.82 Å². The fraction of sp³-hybridized carbons (Fsp3) is 0.421. The molecule has 25 heavy (non-hydrogen) atoms. The second-order valence-corrected chi connectivity index (χ2v) is 6.18. The lowest BCUT2D eigenvalue weighted by Gasteiger charge is -2.06. The molecule has 0 bridgehead atoms. The second-order valence-electron chi connectivity index (χ2n) is 5.80. The highest BCUT2D eigenvalue weighted by Crippen LogP contribution is 2.13. The molecule has 1 N–H and O–H groups in total. The Morgan fingerprint density at radius 2 is 1.76 bits per heavy atom. The van der Waals surface area contributed by atoms with Crippen molar-refractivity contribution in [3.05, 3.63) is 47.1 Å². The summed E-state index contributed by atoms with van der Waals surface area (Å²) in [6.07, 6.45) is 9.33. The van der Waals surface area contributed by atoms with E-state index in [1.165, 1.54) is 32.1 Å². The van der Waals surface area contributed by atoms with Gasteiger partial charge in [0, 0.05) is 0 Å². The first-order valence-electron chi connectivity index (χ1n) is 8.79. The topological polar surface area (TPSA) is 59.4 Å². The largest absolute Gasteiger partial charge is 0.494 e. The quantitative estimate of drug-likeness (QED) is 0.335. The molecule has 0 aliphatic rings. The lowest BCUT2D eigenvalue weighted by atomic mass is 10.1. The molecule has 134 valence electrons. The van der Waals surface area contributed by atoms with Crippen molar-refractivity contribution in [3.63, 3.8) is 0 Å². The summed E-state index contributed by atoms with van der Waals surface area (Å²) in [5, 5.41) is 12.1. The number of hydrazone groups is 1. The molecule has 0 aliphatic carbocycles. The Kier molecular flexibility index (Phi) is 8.77. The first-order chi connectivity index (χ1) is 12.3. The van der Waals surface area contributed by atoms with E-state index in [4.69, 9.17) is 16.3 Å². The number of hydrogen-bond acceptors (Lipinski definition) is 5. The minimum absolute atomic E-state index is 0.353. The van der Waals surface area contributed by atoms with Crippen molar-refractivity contribution in [3.8, 4) is 5.75 Å². The Morgan fingerprint density at radius 3 is 2.48 bits per heavy atom. The van der Waals surface area contributed by atoms with Crippen LogP contribution in [0.15, 0.2) is 41.5 Å². The van der Waals surface area contributed by atoms with Gasteiger partial charge in [0.05, 0.1) is 12.8 Å². The van der Waals surface area contributed by atoms with E-state index in [2.05, 4.69) is 27.6 Å². The third-order valence-electron chi connectivity index (χ3n) is 3.67. The van der Waals surface area contributed by atoms with Gasteiger partial charge in [0.15, 0.2) is 11.0 Å². The third kappa shape index (κ3) is 7.98. The van der Waals surface area contributed by atoms with E-state index in [9.17, 15) is 0 Å².